The summed E-state index contributed by atoms with van der Waals surface area (Å²) in [6.45, 7) is 5.49. The van der Waals surface area contributed by atoms with Crippen molar-refractivity contribution >= 4 is 17.4 Å². The van der Waals surface area contributed by atoms with E-state index in [4.69, 9.17) is 9.47 Å². The van der Waals surface area contributed by atoms with Crippen LogP contribution in [-0.4, -0.2) is 54.0 Å². The molecule has 1 saturated heterocycles. The van der Waals surface area contributed by atoms with E-state index in [0.29, 0.717) is 54.7 Å². The van der Waals surface area contributed by atoms with E-state index in [1.54, 1.807) is 23.6 Å². The average molecular weight is 448 g/mol. The molecule has 4 rings (SSSR count). The number of aryl methyl sites for hydroxylation is 1. The maximum Gasteiger partial charge on any atom is 0.416 e. The van der Waals surface area contributed by atoms with Crippen molar-refractivity contribution in [1.82, 2.24) is 14.6 Å². The van der Waals surface area contributed by atoms with Crippen LogP contribution in [0.5, 0.6) is 0 Å². The van der Waals surface area contributed by atoms with Gasteiger partial charge in [-0.2, -0.15) is 13.2 Å². The molecule has 7 nitrogen and oxygen atoms in total. The van der Waals surface area contributed by atoms with E-state index in [0.717, 1.165) is 6.07 Å². The van der Waals surface area contributed by atoms with Gasteiger partial charge in [0.25, 0.3) is 0 Å². The van der Waals surface area contributed by atoms with Gasteiger partial charge in [0.2, 0.25) is 0 Å². The number of hydrogen-bond donors (Lipinski definition) is 0. The highest BCUT2D eigenvalue weighted by Crippen LogP contribution is 2.34. The summed E-state index contributed by atoms with van der Waals surface area (Å²) in [5, 5.41) is 4.69. The van der Waals surface area contributed by atoms with Crippen molar-refractivity contribution in [3.05, 3.63) is 57.9 Å². The number of methoxy groups -OCH3 is 1. The first-order valence-electron chi connectivity index (χ1n) is 10.2. The van der Waals surface area contributed by atoms with Crippen LogP contribution in [0.3, 0.4) is 0 Å². The van der Waals surface area contributed by atoms with Crippen molar-refractivity contribution in [2.75, 3.05) is 38.3 Å². The number of carbonyl (C=O) groups excluding carboxylic acids is 1. The number of anilines is 1. The summed E-state index contributed by atoms with van der Waals surface area (Å²) in [6, 6.07) is 5.77. The van der Waals surface area contributed by atoms with Crippen LogP contribution >= 0.6 is 0 Å². The molecule has 1 aromatic carbocycles. The van der Waals surface area contributed by atoms with Gasteiger partial charge in [-0.3, -0.25) is 0 Å². The second-order valence-electron chi connectivity index (χ2n) is 7.65. The third-order valence-electron chi connectivity index (χ3n) is 5.71. The summed E-state index contributed by atoms with van der Waals surface area (Å²) in [4.78, 5) is 19.0. The number of alkyl halides is 3. The molecule has 0 unspecified atom stereocenters. The maximum absolute atomic E-state index is 13.4. The predicted octanol–water partition coefficient (Wildman–Crippen LogP) is 3.58. The minimum Gasteiger partial charge on any atom is -0.465 e. The maximum atomic E-state index is 13.4. The van der Waals surface area contributed by atoms with Crippen molar-refractivity contribution in [2.45, 2.75) is 26.4 Å². The molecule has 1 aliphatic rings. The average Bonchev–Trinajstić information content (AvgIpc) is 3.08. The SMILES string of the molecule is COC(=O)c1cc(N2CCOCC2)nn2c(Cc3cccc(C(F)(F)F)c3C)c(C)nc12. The summed E-state index contributed by atoms with van der Waals surface area (Å²) in [7, 11) is 1.29. The lowest BCUT2D eigenvalue weighted by Gasteiger charge is -2.28. The lowest BCUT2D eigenvalue weighted by Crippen LogP contribution is -2.37. The minimum absolute atomic E-state index is 0.159. The Morgan fingerprint density at radius 2 is 1.94 bits per heavy atom. The van der Waals surface area contributed by atoms with Crippen LogP contribution in [0, 0.1) is 13.8 Å². The number of fused-ring (bicyclic) bond motifs is 1. The normalized spacial score (nSPS) is 14.8. The lowest BCUT2D eigenvalue weighted by molar-refractivity contribution is -0.138. The molecule has 0 aliphatic carbocycles. The summed E-state index contributed by atoms with van der Waals surface area (Å²) in [6.07, 6.45) is -4.25. The summed E-state index contributed by atoms with van der Waals surface area (Å²) in [5.41, 5.74) is 1.76. The second-order valence-corrected chi connectivity index (χ2v) is 7.65. The number of imidazole rings is 1. The van der Waals surface area contributed by atoms with Crippen molar-refractivity contribution < 1.29 is 27.4 Å². The van der Waals surface area contributed by atoms with Gasteiger partial charge in [-0.05, 0) is 31.0 Å². The highest BCUT2D eigenvalue weighted by molar-refractivity contribution is 5.96. The van der Waals surface area contributed by atoms with Crippen molar-refractivity contribution in [3.63, 3.8) is 0 Å². The third kappa shape index (κ3) is 4.02. The van der Waals surface area contributed by atoms with Crippen LogP contribution in [0.1, 0.15) is 38.4 Å². The number of benzene rings is 1. The van der Waals surface area contributed by atoms with Gasteiger partial charge < -0.3 is 14.4 Å². The monoisotopic (exact) mass is 448 g/mol. The smallest absolute Gasteiger partial charge is 0.416 e. The zero-order chi connectivity index (χ0) is 23.0. The summed E-state index contributed by atoms with van der Waals surface area (Å²) >= 11 is 0. The van der Waals surface area contributed by atoms with E-state index in [-0.39, 0.29) is 17.5 Å². The van der Waals surface area contributed by atoms with E-state index < -0.39 is 17.7 Å². The Hall–Kier alpha value is -3.14. The number of hydrogen-bond acceptors (Lipinski definition) is 6. The zero-order valence-electron chi connectivity index (χ0n) is 18.0. The Morgan fingerprint density at radius 1 is 1.22 bits per heavy atom. The van der Waals surface area contributed by atoms with Crippen LogP contribution in [0.2, 0.25) is 0 Å². The van der Waals surface area contributed by atoms with Crippen LogP contribution in [0.25, 0.3) is 5.65 Å². The Kier molecular flexibility index (Phi) is 5.81. The molecule has 0 saturated carbocycles. The molecule has 32 heavy (non-hydrogen) atoms. The van der Waals surface area contributed by atoms with Crippen molar-refractivity contribution in [3.8, 4) is 0 Å². The molecule has 10 heteroatoms. The van der Waals surface area contributed by atoms with E-state index in [2.05, 4.69) is 10.1 Å². The van der Waals surface area contributed by atoms with E-state index in [9.17, 15) is 18.0 Å². The van der Waals surface area contributed by atoms with E-state index in [1.807, 2.05) is 4.90 Å². The van der Waals surface area contributed by atoms with Crippen molar-refractivity contribution in [2.24, 2.45) is 0 Å². The second kappa shape index (κ2) is 8.42. The van der Waals surface area contributed by atoms with Gasteiger partial charge in [0, 0.05) is 25.6 Å². The Morgan fingerprint density at radius 3 is 2.59 bits per heavy atom. The largest absolute Gasteiger partial charge is 0.465 e. The summed E-state index contributed by atoms with van der Waals surface area (Å²) < 4.78 is 52.0. The van der Waals surface area contributed by atoms with Crippen LogP contribution in [0.4, 0.5) is 19.0 Å². The molecule has 0 spiro atoms. The number of carbonyl (C=O) groups is 1. The van der Waals surface area contributed by atoms with Gasteiger partial charge in [-0.15, -0.1) is 5.10 Å². The fourth-order valence-electron chi connectivity index (χ4n) is 3.93. The zero-order valence-corrected chi connectivity index (χ0v) is 18.0. The number of ether oxygens (including phenoxy) is 2. The number of esters is 1. The lowest BCUT2D eigenvalue weighted by atomic mass is 9.98. The molecular weight excluding hydrogens is 425 g/mol. The van der Waals surface area contributed by atoms with Crippen LogP contribution in [-0.2, 0) is 22.1 Å². The topological polar surface area (TPSA) is 69.0 Å². The van der Waals surface area contributed by atoms with Gasteiger partial charge in [0.15, 0.2) is 11.5 Å². The molecule has 3 heterocycles. The number of rotatable bonds is 4. The molecule has 0 N–H and O–H groups in total. The van der Waals surface area contributed by atoms with Crippen LogP contribution < -0.4 is 4.90 Å². The molecule has 1 fully saturated rings. The third-order valence-corrected chi connectivity index (χ3v) is 5.71. The Labute approximate surface area is 182 Å². The highest BCUT2D eigenvalue weighted by Gasteiger charge is 2.33. The quantitative estimate of drug-likeness (QED) is 0.569. The van der Waals surface area contributed by atoms with Gasteiger partial charge in [0.05, 0.1) is 37.3 Å². The minimum atomic E-state index is -4.44. The molecule has 0 bridgehead atoms. The molecule has 170 valence electrons. The van der Waals surface area contributed by atoms with E-state index >= 15 is 0 Å². The molecule has 0 radical (unpaired) electrons. The first kappa shape index (κ1) is 22.1. The highest BCUT2D eigenvalue weighted by atomic mass is 19.4. The fraction of sp³-hybridized carbons (Fsp3) is 0.409. The predicted molar refractivity (Wildman–Crippen MR) is 111 cm³/mol. The van der Waals surface area contributed by atoms with Crippen molar-refractivity contribution in [1.29, 1.82) is 0 Å². The Bertz CT molecular complexity index is 1170. The number of morpholine rings is 1. The number of aromatic nitrogens is 3. The van der Waals surface area contributed by atoms with Gasteiger partial charge >= 0.3 is 12.1 Å². The standard InChI is InChI=1S/C22H23F3N4O3/c1-13-15(5-4-6-17(13)22(23,24)25)11-18-14(2)26-20-16(21(30)31-3)12-19(27-29(18)20)28-7-9-32-10-8-28/h4-6,12H,7-11H2,1-3H3. The van der Waals surface area contributed by atoms with Gasteiger partial charge in [-0.25, -0.2) is 14.3 Å². The van der Waals surface area contributed by atoms with E-state index in [1.165, 1.54) is 20.1 Å². The number of halogens is 3. The first-order chi connectivity index (χ1) is 15.2. The van der Waals surface area contributed by atoms with Gasteiger partial charge in [0.1, 0.15) is 5.56 Å². The molecule has 1 aliphatic heterocycles. The van der Waals surface area contributed by atoms with Crippen LogP contribution in [0.15, 0.2) is 24.3 Å². The molecule has 3 aromatic rings. The molecule has 0 atom stereocenters. The Balaban J connectivity index is 1.85. The molecular formula is C22H23F3N4O3. The fourth-order valence-corrected chi connectivity index (χ4v) is 3.93. The number of nitrogens with zero attached hydrogens (tertiary/aromatic N) is 4. The van der Waals surface area contributed by atoms with Gasteiger partial charge in [-0.1, -0.05) is 12.1 Å². The molecule has 2 aromatic heterocycles. The summed E-state index contributed by atoms with van der Waals surface area (Å²) in [5.74, 6) is -0.000627. The molecule has 0 amide bonds. The first-order valence-corrected chi connectivity index (χ1v) is 10.2.